The predicted octanol–water partition coefficient (Wildman–Crippen LogP) is -3.90. The van der Waals surface area contributed by atoms with Crippen LogP contribution in [0.15, 0.2) is 0 Å². The van der Waals surface area contributed by atoms with Crippen LogP contribution in [0.25, 0.3) is 0 Å². The number of hydrogen-bond acceptors (Lipinski definition) is 8. The summed E-state index contributed by atoms with van der Waals surface area (Å²) in [6.45, 7) is -1.96. The van der Waals surface area contributed by atoms with Crippen molar-refractivity contribution in [2.75, 3.05) is 13.2 Å². The Morgan fingerprint density at radius 1 is 0.800 bits per heavy atom. The first-order chi connectivity index (χ1) is 9.05. The first-order valence-electron chi connectivity index (χ1n) is 5.54. The van der Waals surface area contributed by atoms with Crippen molar-refractivity contribution in [1.82, 2.24) is 0 Å². The molecule has 20 heavy (non-hydrogen) atoms. The quantitative estimate of drug-likeness (QED) is 0.208. The minimum Gasteiger partial charge on any atom is -0.479 e. The highest BCUT2D eigenvalue weighted by atomic mass is 16.5. The molecule has 0 rings (SSSR count). The van der Waals surface area contributed by atoms with Crippen molar-refractivity contribution in [3.8, 4) is 0 Å². The molecule has 8 N–H and O–H groups in total. The fourth-order valence-electron chi connectivity index (χ4n) is 1.68. The lowest BCUT2D eigenvalue weighted by Crippen LogP contribution is -2.66. The van der Waals surface area contributed by atoms with E-state index in [-0.39, 0.29) is 0 Å². The Bertz CT molecular complexity index is 324. The maximum atomic E-state index is 11.1. The third kappa shape index (κ3) is 3.62. The maximum absolute atomic E-state index is 11.1. The van der Waals surface area contributed by atoms with Crippen molar-refractivity contribution in [3.63, 3.8) is 0 Å². The third-order valence-electron chi connectivity index (χ3n) is 2.88. The normalized spacial score (nSPS) is 20.5. The van der Waals surface area contributed by atoms with Gasteiger partial charge in [-0.1, -0.05) is 0 Å². The van der Waals surface area contributed by atoms with Crippen LogP contribution in [0.1, 0.15) is 12.8 Å². The molecule has 0 saturated heterocycles. The molecule has 0 bridgehead atoms. The van der Waals surface area contributed by atoms with E-state index in [2.05, 4.69) is 0 Å². The van der Waals surface area contributed by atoms with Crippen LogP contribution >= 0.6 is 0 Å². The van der Waals surface area contributed by atoms with Crippen molar-refractivity contribution in [1.29, 1.82) is 0 Å². The summed E-state index contributed by atoms with van der Waals surface area (Å²) in [7, 11) is 0. The molecule has 0 aromatic rings. The van der Waals surface area contributed by atoms with E-state index in [1.807, 2.05) is 0 Å². The summed E-state index contributed by atoms with van der Waals surface area (Å²) in [5.74, 6) is -4.33. The zero-order valence-electron chi connectivity index (χ0n) is 10.4. The number of aliphatic carboxylic acids is 2. The van der Waals surface area contributed by atoms with Crippen LogP contribution in [0.5, 0.6) is 0 Å². The van der Waals surface area contributed by atoms with Crippen LogP contribution in [0.4, 0.5) is 0 Å². The Morgan fingerprint density at radius 3 is 1.20 bits per heavy atom. The zero-order chi connectivity index (χ0) is 16.1. The van der Waals surface area contributed by atoms with E-state index in [4.69, 9.17) is 20.4 Å². The molecular formula is C10H18O10. The Kier molecular flexibility index (Phi) is 6.47. The first kappa shape index (κ1) is 18.7. The minimum atomic E-state index is -3.38. The lowest BCUT2D eigenvalue weighted by atomic mass is 9.75. The van der Waals surface area contributed by atoms with E-state index in [9.17, 15) is 30.0 Å². The summed E-state index contributed by atoms with van der Waals surface area (Å²) >= 11 is 0. The average Bonchev–Trinajstić information content (AvgIpc) is 2.37. The molecular weight excluding hydrogens is 280 g/mol. The number of carboxylic acids is 2. The van der Waals surface area contributed by atoms with Crippen LogP contribution in [0.3, 0.4) is 0 Å². The lowest BCUT2D eigenvalue weighted by molar-refractivity contribution is -0.219. The van der Waals surface area contributed by atoms with Crippen LogP contribution < -0.4 is 0 Å². The van der Waals surface area contributed by atoms with Gasteiger partial charge in [0.1, 0.15) is 0 Å². The van der Waals surface area contributed by atoms with Gasteiger partial charge in [0.2, 0.25) is 11.2 Å². The van der Waals surface area contributed by atoms with Gasteiger partial charge >= 0.3 is 11.9 Å². The Morgan fingerprint density at radius 2 is 1.05 bits per heavy atom. The minimum absolute atomic E-state index is 0.978. The van der Waals surface area contributed by atoms with Crippen LogP contribution in [0.2, 0.25) is 0 Å². The standard InChI is InChI=1S/C10H18O10/c11-3-5(13)1-9(19,7(15)16)10(20,8(17)18)2-6(14)4-12/h5-6,11-14,19-20H,1-4H2,(H,15,16)(H,17,18). The summed E-state index contributed by atoms with van der Waals surface area (Å²) in [6.07, 6.45) is -6.01. The molecule has 118 valence electrons. The molecule has 0 aromatic heterocycles. The molecule has 0 aromatic carbocycles. The average molecular weight is 298 g/mol. The molecule has 10 heteroatoms. The van der Waals surface area contributed by atoms with Gasteiger partial charge in [0.05, 0.1) is 25.4 Å². The number of aliphatic hydroxyl groups excluding tert-OH is 4. The summed E-state index contributed by atoms with van der Waals surface area (Å²) in [6, 6.07) is 0. The predicted molar refractivity (Wildman–Crippen MR) is 60.6 cm³/mol. The highest BCUT2D eigenvalue weighted by molar-refractivity contribution is 5.90. The lowest BCUT2D eigenvalue weighted by Gasteiger charge is -2.38. The largest absolute Gasteiger partial charge is 0.479 e. The monoisotopic (exact) mass is 298 g/mol. The number of carboxylic acid groups (broad SMARTS) is 2. The van der Waals surface area contributed by atoms with E-state index in [1.165, 1.54) is 0 Å². The highest BCUT2D eigenvalue weighted by Gasteiger charge is 2.61. The summed E-state index contributed by atoms with van der Waals surface area (Å²) in [5, 5.41) is 73.4. The van der Waals surface area contributed by atoms with E-state index in [0.29, 0.717) is 0 Å². The van der Waals surface area contributed by atoms with Crippen molar-refractivity contribution in [2.24, 2.45) is 0 Å². The van der Waals surface area contributed by atoms with Gasteiger partial charge in [-0.3, -0.25) is 0 Å². The SMILES string of the molecule is O=C(O)C(O)(CC(O)CO)C(O)(CC(O)CO)C(=O)O. The molecule has 0 aliphatic carbocycles. The molecule has 0 amide bonds. The molecule has 0 spiro atoms. The van der Waals surface area contributed by atoms with E-state index in [1.54, 1.807) is 0 Å². The fraction of sp³-hybridized carbons (Fsp3) is 0.800. The van der Waals surface area contributed by atoms with Gasteiger partial charge in [-0.2, -0.15) is 0 Å². The van der Waals surface area contributed by atoms with Gasteiger partial charge in [-0.05, 0) is 0 Å². The van der Waals surface area contributed by atoms with Crippen molar-refractivity contribution in [2.45, 2.75) is 36.3 Å². The van der Waals surface area contributed by atoms with Gasteiger partial charge in [-0.15, -0.1) is 0 Å². The molecule has 0 aliphatic heterocycles. The second-order valence-corrected chi connectivity index (χ2v) is 4.41. The van der Waals surface area contributed by atoms with Gasteiger partial charge in [-0.25, -0.2) is 9.59 Å². The van der Waals surface area contributed by atoms with E-state index >= 15 is 0 Å². The third-order valence-corrected chi connectivity index (χ3v) is 2.88. The van der Waals surface area contributed by atoms with Crippen LogP contribution in [-0.4, -0.2) is 89.4 Å². The molecule has 0 fully saturated rings. The molecule has 10 nitrogen and oxygen atoms in total. The summed E-state index contributed by atoms with van der Waals surface area (Å²) < 4.78 is 0. The van der Waals surface area contributed by atoms with Crippen molar-refractivity contribution in [3.05, 3.63) is 0 Å². The highest BCUT2D eigenvalue weighted by Crippen LogP contribution is 2.32. The molecule has 0 heterocycles. The number of carbonyl (C=O) groups is 2. The fourth-order valence-corrected chi connectivity index (χ4v) is 1.68. The second-order valence-electron chi connectivity index (χ2n) is 4.41. The number of hydrogen-bond donors (Lipinski definition) is 8. The smallest absolute Gasteiger partial charge is 0.339 e. The number of aliphatic hydroxyl groups is 6. The topological polar surface area (TPSA) is 196 Å². The Labute approximate surface area is 113 Å². The Hall–Kier alpha value is -1.30. The molecule has 0 radical (unpaired) electrons. The Balaban J connectivity index is 5.66. The van der Waals surface area contributed by atoms with Crippen molar-refractivity contribution < 1.29 is 50.4 Å². The number of rotatable bonds is 9. The van der Waals surface area contributed by atoms with Gasteiger partial charge < -0.3 is 40.9 Å². The second kappa shape index (κ2) is 6.92. The summed E-state index contributed by atoms with van der Waals surface area (Å²) in [5.41, 5.74) is -6.76. The molecule has 0 saturated carbocycles. The zero-order valence-corrected chi connectivity index (χ0v) is 10.4. The van der Waals surface area contributed by atoms with Crippen molar-refractivity contribution >= 4 is 11.9 Å². The van der Waals surface area contributed by atoms with E-state index < -0.39 is 61.4 Å². The van der Waals surface area contributed by atoms with Crippen LogP contribution in [0, 0.1) is 0 Å². The van der Waals surface area contributed by atoms with Gasteiger partial charge in [0, 0.05) is 12.8 Å². The van der Waals surface area contributed by atoms with E-state index in [0.717, 1.165) is 0 Å². The molecule has 0 aliphatic rings. The van der Waals surface area contributed by atoms with Crippen LogP contribution in [-0.2, 0) is 9.59 Å². The first-order valence-corrected chi connectivity index (χ1v) is 5.54. The molecule has 4 atom stereocenters. The van der Waals surface area contributed by atoms with Gasteiger partial charge in [0.15, 0.2) is 0 Å². The van der Waals surface area contributed by atoms with Gasteiger partial charge in [0.25, 0.3) is 0 Å². The maximum Gasteiger partial charge on any atom is 0.339 e. The summed E-state index contributed by atoms with van der Waals surface area (Å²) in [4.78, 5) is 22.2. The molecule has 4 unspecified atom stereocenters.